The fourth-order valence-corrected chi connectivity index (χ4v) is 2.29. The molecule has 0 aromatic heterocycles. The van der Waals surface area contributed by atoms with Gasteiger partial charge < -0.3 is 15.2 Å². The number of nitrogens with zero attached hydrogens (tertiary/aromatic N) is 1. The summed E-state index contributed by atoms with van der Waals surface area (Å²) in [6.07, 6.45) is -0.210. The molecule has 1 aromatic rings. The summed E-state index contributed by atoms with van der Waals surface area (Å²) >= 11 is 17.7. The van der Waals surface area contributed by atoms with Crippen LogP contribution in [-0.4, -0.2) is 25.3 Å². The first kappa shape index (κ1) is 12.6. The Morgan fingerprint density at radius 3 is 2.53 bits per heavy atom. The Labute approximate surface area is 113 Å². The Kier molecular flexibility index (Phi) is 3.86. The zero-order valence-electron chi connectivity index (χ0n) is 8.62. The lowest BCUT2D eigenvalue weighted by molar-refractivity contribution is 0.141. The Bertz CT molecular complexity index is 442. The van der Waals surface area contributed by atoms with Crippen LogP contribution in [0.3, 0.4) is 0 Å². The van der Waals surface area contributed by atoms with Crippen molar-refractivity contribution >= 4 is 40.8 Å². The Morgan fingerprint density at radius 2 is 2.00 bits per heavy atom. The topological polar surface area (TPSA) is 56.8 Å². The standard InChI is InChI=1S/C10H9Cl3N2O2/c11-5-1-7(12)9(8(13)2-5)16-4-6-3-15-10(14)17-6/h1-2,6H,3-4H2,(H2,14,15). The molecule has 17 heavy (non-hydrogen) atoms. The SMILES string of the molecule is NC1=NCC(COc2c(Cl)cc(Cl)cc2Cl)O1. The number of halogens is 3. The highest BCUT2D eigenvalue weighted by Crippen LogP contribution is 2.35. The van der Waals surface area contributed by atoms with Crippen LogP contribution in [0.2, 0.25) is 15.1 Å². The van der Waals surface area contributed by atoms with Crippen LogP contribution in [0.15, 0.2) is 17.1 Å². The molecule has 2 N–H and O–H groups in total. The molecule has 0 spiro atoms. The number of hydrogen-bond donors (Lipinski definition) is 1. The monoisotopic (exact) mass is 294 g/mol. The average Bonchev–Trinajstić information content (AvgIpc) is 2.62. The number of nitrogens with two attached hydrogens (primary N) is 1. The van der Waals surface area contributed by atoms with Crippen molar-refractivity contribution in [1.29, 1.82) is 0 Å². The van der Waals surface area contributed by atoms with E-state index in [1.165, 1.54) is 0 Å². The van der Waals surface area contributed by atoms with E-state index in [1.54, 1.807) is 12.1 Å². The summed E-state index contributed by atoms with van der Waals surface area (Å²) < 4.78 is 10.7. The Hall–Kier alpha value is -0.840. The third kappa shape index (κ3) is 3.09. The average molecular weight is 296 g/mol. The van der Waals surface area contributed by atoms with Crippen LogP contribution in [0.25, 0.3) is 0 Å². The number of amidine groups is 1. The van der Waals surface area contributed by atoms with Crippen LogP contribution < -0.4 is 10.5 Å². The van der Waals surface area contributed by atoms with Crippen LogP contribution in [0.4, 0.5) is 0 Å². The van der Waals surface area contributed by atoms with Gasteiger partial charge in [-0.3, -0.25) is 0 Å². The van der Waals surface area contributed by atoms with Crippen LogP contribution in [-0.2, 0) is 4.74 Å². The molecular formula is C10H9Cl3N2O2. The van der Waals surface area contributed by atoms with Crippen molar-refractivity contribution in [2.75, 3.05) is 13.2 Å². The summed E-state index contributed by atoms with van der Waals surface area (Å²) in [6, 6.07) is 3.29. The predicted molar refractivity (Wildman–Crippen MR) is 68.3 cm³/mol. The van der Waals surface area contributed by atoms with Gasteiger partial charge in [0.25, 0.3) is 6.02 Å². The molecule has 0 radical (unpaired) electrons. The van der Waals surface area contributed by atoms with E-state index < -0.39 is 0 Å². The number of hydrogen-bond acceptors (Lipinski definition) is 4. The molecule has 1 heterocycles. The number of ether oxygens (including phenoxy) is 2. The van der Waals surface area contributed by atoms with Gasteiger partial charge in [0.15, 0.2) is 11.9 Å². The van der Waals surface area contributed by atoms with Crippen molar-refractivity contribution in [2.45, 2.75) is 6.10 Å². The van der Waals surface area contributed by atoms with Crippen LogP contribution in [0, 0.1) is 0 Å². The van der Waals surface area contributed by atoms with Gasteiger partial charge in [-0.2, -0.15) is 0 Å². The summed E-state index contributed by atoms with van der Waals surface area (Å²) in [4.78, 5) is 3.89. The summed E-state index contributed by atoms with van der Waals surface area (Å²) in [5.41, 5.74) is 5.38. The van der Waals surface area contributed by atoms with E-state index in [-0.39, 0.29) is 18.7 Å². The Morgan fingerprint density at radius 1 is 1.35 bits per heavy atom. The molecule has 1 atom stereocenters. The molecule has 0 bridgehead atoms. The zero-order chi connectivity index (χ0) is 12.4. The van der Waals surface area contributed by atoms with E-state index in [0.29, 0.717) is 27.4 Å². The molecule has 0 saturated heterocycles. The fourth-order valence-electron chi connectivity index (χ4n) is 1.37. The highest BCUT2D eigenvalue weighted by Gasteiger charge is 2.19. The van der Waals surface area contributed by atoms with E-state index in [9.17, 15) is 0 Å². The van der Waals surface area contributed by atoms with Crippen molar-refractivity contribution in [1.82, 2.24) is 0 Å². The minimum absolute atomic E-state index is 0.173. The van der Waals surface area contributed by atoms with E-state index in [4.69, 9.17) is 50.0 Å². The maximum Gasteiger partial charge on any atom is 0.282 e. The normalized spacial score (nSPS) is 18.8. The third-order valence-electron chi connectivity index (χ3n) is 2.11. The molecule has 0 aliphatic carbocycles. The Balaban J connectivity index is 2.00. The van der Waals surface area contributed by atoms with Gasteiger partial charge >= 0.3 is 0 Å². The maximum absolute atomic E-state index is 5.96. The minimum Gasteiger partial charge on any atom is -0.487 e. The van der Waals surface area contributed by atoms with Gasteiger partial charge in [-0.25, -0.2) is 4.99 Å². The highest BCUT2D eigenvalue weighted by atomic mass is 35.5. The van der Waals surface area contributed by atoms with Crippen LogP contribution in [0.5, 0.6) is 5.75 Å². The molecule has 1 unspecified atom stereocenters. The molecule has 2 rings (SSSR count). The van der Waals surface area contributed by atoms with Crippen molar-refractivity contribution in [3.63, 3.8) is 0 Å². The van der Waals surface area contributed by atoms with Crippen LogP contribution >= 0.6 is 34.8 Å². The second-order valence-corrected chi connectivity index (χ2v) is 4.68. The summed E-state index contributed by atoms with van der Waals surface area (Å²) in [5.74, 6) is 0.381. The molecule has 1 aromatic carbocycles. The summed E-state index contributed by atoms with van der Waals surface area (Å²) in [5, 5.41) is 1.17. The highest BCUT2D eigenvalue weighted by molar-refractivity contribution is 6.40. The lowest BCUT2D eigenvalue weighted by atomic mass is 10.3. The van der Waals surface area contributed by atoms with Gasteiger partial charge in [-0.15, -0.1) is 0 Å². The predicted octanol–water partition coefficient (Wildman–Crippen LogP) is 2.74. The quantitative estimate of drug-likeness (QED) is 0.933. The number of aliphatic imine (C=N–C) groups is 1. The molecule has 4 nitrogen and oxygen atoms in total. The summed E-state index contributed by atoms with van der Waals surface area (Å²) in [7, 11) is 0. The molecular weight excluding hydrogens is 286 g/mol. The van der Waals surface area contributed by atoms with Gasteiger partial charge in [0, 0.05) is 5.02 Å². The van der Waals surface area contributed by atoms with E-state index >= 15 is 0 Å². The third-order valence-corrected chi connectivity index (χ3v) is 2.89. The second-order valence-electron chi connectivity index (χ2n) is 3.43. The van der Waals surface area contributed by atoms with E-state index in [0.717, 1.165) is 0 Å². The summed E-state index contributed by atoms with van der Waals surface area (Å²) in [6.45, 7) is 0.736. The number of benzene rings is 1. The number of rotatable bonds is 3. The molecule has 92 valence electrons. The molecule has 0 amide bonds. The van der Waals surface area contributed by atoms with Crippen molar-refractivity contribution in [2.24, 2.45) is 10.7 Å². The minimum atomic E-state index is -0.210. The molecule has 1 aliphatic heterocycles. The first-order valence-corrected chi connectivity index (χ1v) is 5.93. The molecule has 0 fully saturated rings. The lowest BCUT2D eigenvalue weighted by Gasteiger charge is -2.13. The van der Waals surface area contributed by atoms with Crippen molar-refractivity contribution in [3.05, 3.63) is 27.2 Å². The maximum atomic E-state index is 5.96. The van der Waals surface area contributed by atoms with Gasteiger partial charge in [0.1, 0.15) is 6.61 Å². The second kappa shape index (κ2) is 5.21. The molecule has 1 aliphatic rings. The van der Waals surface area contributed by atoms with Crippen LogP contribution in [0.1, 0.15) is 0 Å². The van der Waals surface area contributed by atoms with Gasteiger partial charge in [-0.05, 0) is 12.1 Å². The molecule has 0 saturated carbocycles. The molecule has 7 heteroatoms. The van der Waals surface area contributed by atoms with Crippen molar-refractivity contribution in [3.8, 4) is 5.75 Å². The van der Waals surface area contributed by atoms with E-state index in [1.807, 2.05) is 0 Å². The largest absolute Gasteiger partial charge is 0.487 e. The fraction of sp³-hybridized carbons (Fsp3) is 0.300. The first-order valence-electron chi connectivity index (χ1n) is 4.80. The van der Waals surface area contributed by atoms with E-state index in [2.05, 4.69) is 4.99 Å². The first-order chi connectivity index (χ1) is 8.06. The van der Waals surface area contributed by atoms with Crippen molar-refractivity contribution < 1.29 is 9.47 Å². The lowest BCUT2D eigenvalue weighted by Crippen LogP contribution is -2.24. The van der Waals surface area contributed by atoms with Gasteiger partial charge in [0.05, 0.1) is 16.6 Å². The van der Waals surface area contributed by atoms with Gasteiger partial charge in [-0.1, -0.05) is 34.8 Å². The van der Waals surface area contributed by atoms with Gasteiger partial charge in [0.2, 0.25) is 0 Å². The smallest absolute Gasteiger partial charge is 0.282 e. The zero-order valence-corrected chi connectivity index (χ0v) is 10.9.